The van der Waals surface area contributed by atoms with E-state index in [0.29, 0.717) is 17.3 Å². The van der Waals surface area contributed by atoms with Crippen molar-refractivity contribution in [3.8, 4) is 0 Å². The number of rotatable bonds is 2. The van der Waals surface area contributed by atoms with E-state index in [2.05, 4.69) is 55.9 Å². The van der Waals surface area contributed by atoms with Gasteiger partial charge >= 0.3 is 0 Å². The van der Waals surface area contributed by atoms with Crippen molar-refractivity contribution in [1.29, 1.82) is 0 Å². The van der Waals surface area contributed by atoms with Crippen molar-refractivity contribution in [3.05, 3.63) is 36.0 Å². The third-order valence-electron chi connectivity index (χ3n) is 4.60. The van der Waals surface area contributed by atoms with E-state index in [1.54, 1.807) is 0 Å². The SMILES string of the molecule is Cn1ccc2c(C3C(CN)C3(C)C)cccc21. The molecule has 1 aliphatic carbocycles. The van der Waals surface area contributed by atoms with Gasteiger partial charge < -0.3 is 10.3 Å². The van der Waals surface area contributed by atoms with Crippen LogP contribution >= 0.6 is 0 Å². The van der Waals surface area contributed by atoms with Crippen LogP contribution in [0.3, 0.4) is 0 Å². The van der Waals surface area contributed by atoms with E-state index in [-0.39, 0.29) is 0 Å². The number of fused-ring (bicyclic) bond motifs is 1. The fourth-order valence-corrected chi connectivity index (χ4v) is 3.40. The molecule has 2 unspecified atom stereocenters. The Morgan fingerprint density at radius 3 is 2.71 bits per heavy atom. The minimum atomic E-state index is 0.360. The molecule has 1 aliphatic rings. The Balaban J connectivity index is 2.14. The van der Waals surface area contributed by atoms with E-state index in [1.165, 1.54) is 16.5 Å². The Morgan fingerprint density at radius 2 is 2.06 bits per heavy atom. The Morgan fingerprint density at radius 1 is 1.29 bits per heavy atom. The highest BCUT2D eigenvalue weighted by Gasteiger charge is 2.57. The Kier molecular flexibility index (Phi) is 2.14. The molecule has 2 aromatic rings. The first-order valence-corrected chi connectivity index (χ1v) is 6.31. The molecule has 0 radical (unpaired) electrons. The predicted octanol–water partition coefficient (Wildman–Crippen LogP) is 2.88. The molecule has 0 spiro atoms. The number of nitrogens with zero attached hydrogens (tertiary/aromatic N) is 1. The summed E-state index contributed by atoms with van der Waals surface area (Å²) in [6.07, 6.45) is 2.14. The lowest BCUT2D eigenvalue weighted by molar-refractivity contribution is 0.559. The van der Waals surface area contributed by atoms with E-state index >= 15 is 0 Å². The van der Waals surface area contributed by atoms with E-state index in [0.717, 1.165) is 6.54 Å². The Hall–Kier alpha value is -1.28. The maximum atomic E-state index is 5.88. The van der Waals surface area contributed by atoms with Crippen LogP contribution in [0.5, 0.6) is 0 Å². The van der Waals surface area contributed by atoms with Crippen molar-refractivity contribution in [3.63, 3.8) is 0 Å². The fraction of sp³-hybridized carbons (Fsp3) is 0.467. The molecular formula is C15H20N2. The second kappa shape index (κ2) is 3.36. The summed E-state index contributed by atoms with van der Waals surface area (Å²) in [5.74, 6) is 1.26. The molecule has 1 aromatic carbocycles. The van der Waals surface area contributed by atoms with Crippen LogP contribution in [0.2, 0.25) is 0 Å². The molecule has 0 saturated heterocycles. The maximum Gasteiger partial charge on any atom is 0.0480 e. The lowest BCUT2D eigenvalue weighted by atomic mass is 10.00. The molecular weight excluding hydrogens is 208 g/mol. The molecule has 3 rings (SSSR count). The number of hydrogen-bond acceptors (Lipinski definition) is 1. The van der Waals surface area contributed by atoms with Crippen LogP contribution < -0.4 is 5.73 Å². The highest BCUT2D eigenvalue weighted by Crippen LogP contribution is 2.64. The molecule has 0 bridgehead atoms. The summed E-state index contributed by atoms with van der Waals surface area (Å²) in [4.78, 5) is 0. The lowest BCUT2D eigenvalue weighted by Crippen LogP contribution is -2.05. The first-order chi connectivity index (χ1) is 8.07. The molecule has 2 nitrogen and oxygen atoms in total. The van der Waals surface area contributed by atoms with Gasteiger partial charge in [0.05, 0.1) is 0 Å². The van der Waals surface area contributed by atoms with Crippen LogP contribution in [-0.4, -0.2) is 11.1 Å². The van der Waals surface area contributed by atoms with Gasteiger partial charge in [0.2, 0.25) is 0 Å². The zero-order valence-electron chi connectivity index (χ0n) is 10.8. The van der Waals surface area contributed by atoms with Crippen LogP contribution in [0.15, 0.2) is 30.5 Å². The smallest absolute Gasteiger partial charge is 0.0480 e. The van der Waals surface area contributed by atoms with Gasteiger partial charge in [0.1, 0.15) is 0 Å². The monoisotopic (exact) mass is 228 g/mol. The second-order valence-corrected chi connectivity index (χ2v) is 5.85. The molecule has 0 amide bonds. The first kappa shape index (κ1) is 10.8. The molecule has 1 heterocycles. The summed E-state index contributed by atoms with van der Waals surface area (Å²) in [5.41, 5.74) is 9.04. The van der Waals surface area contributed by atoms with Gasteiger partial charge in [0.15, 0.2) is 0 Å². The van der Waals surface area contributed by atoms with Gasteiger partial charge in [-0.25, -0.2) is 0 Å². The molecule has 2 N–H and O–H groups in total. The maximum absolute atomic E-state index is 5.88. The van der Waals surface area contributed by atoms with Crippen molar-refractivity contribution in [1.82, 2.24) is 4.57 Å². The van der Waals surface area contributed by atoms with Crippen LogP contribution in [-0.2, 0) is 7.05 Å². The zero-order chi connectivity index (χ0) is 12.2. The summed E-state index contributed by atoms with van der Waals surface area (Å²) in [5, 5.41) is 1.39. The molecule has 90 valence electrons. The van der Waals surface area contributed by atoms with Gasteiger partial charge in [0.25, 0.3) is 0 Å². The van der Waals surface area contributed by atoms with Gasteiger partial charge in [-0.1, -0.05) is 26.0 Å². The lowest BCUT2D eigenvalue weighted by Gasteiger charge is -2.06. The molecule has 2 heteroatoms. The zero-order valence-corrected chi connectivity index (χ0v) is 10.8. The minimum absolute atomic E-state index is 0.360. The van der Waals surface area contributed by atoms with Gasteiger partial charge in [-0.05, 0) is 41.5 Å². The third-order valence-corrected chi connectivity index (χ3v) is 4.60. The van der Waals surface area contributed by atoms with Gasteiger partial charge in [0, 0.05) is 24.1 Å². The van der Waals surface area contributed by atoms with E-state index in [9.17, 15) is 0 Å². The predicted molar refractivity (Wildman–Crippen MR) is 72.0 cm³/mol. The fourth-order valence-electron chi connectivity index (χ4n) is 3.40. The second-order valence-electron chi connectivity index (χ2n) is 5.85. The average Bonchev–Trinajstić information content (AvgIpc) is 2.64. The molecule has 0 aliphatic heterocycles. The van der Waals surface area contributed by atoms with Crippen molar-refractivity contribution in [2.75, 3.05) is 6.54 Å². The number of aryl methyl sites for hydroxylation is 1. The highest BCUT2D eigenvalue weighted by molar-refractivity contribution is 5.84. The summed E-state index contributed by atoms with van der Waals surface area (Å²) in [7, 11) is 2.10. The topological polar surface area (TPSA) is 30.9 Å². The normalized spacial score (nSPS) is 26.4. The molecule has 1 fully saturated rings. The number of hydrogen-bond donors (Lipinski definition) is 1. The van der Waals surface area contributed by atoms with Crippen molar-refractivity contribution < 1.29 is 0 Å². The molecule has 1 aromatic heterocycles. The third kappa shape index (κ3) is 1.37. The van der Waals surface area contributed by atoms with Crippen LogP contribution in [0.4, 0.5) is 0 Å². The molecule has 2 atom stereocenters. The van der Waals surface area contributed by atoms with Gasteiger partial charge in [-0.15, -0.1) is 0 Å². The minimum Gasteiger partial charge on any atom is -0.351 e. The first-order valence-electron chi connectivity index (χ1n) is 6.31. The Labute approximate surface area is 102 Å². The summed E-state index contributed by atoms with van der Waals surface area (Å²) in [6.45, 7) is 5.45. The summed E-state index contributed by atoms with van der Waals surface area (Å²) in [6, 6.07) is 8.85. The van der Waals surface area contributed by atoms with E-state index in [1.807, 2.05) is 0 Å². The largest absolute Gasteiger partial charge is 0.351 e. The number of benzene rings is 1. The molecule has 1 saturated carbocycles. The molecule has 17 heavy (non-hydrogen) atoms. The van der Waals surface area contributed by atoms with Gasteiger partial charge in [-0.3, -0.25) is 0 Å². The van der Waals surface area contributed by atoms with Crippen molar-refractivity contribution in [2.45, 2.75) is 19.8 Å². The van der Waals surface area contributed by atoms with E-state index in [4.69, 9.17) is 5.73 Å². The quantitative estimate of drug-likeness (QED) is 0.842. The van der Waals surface area contributed by atoms with E-state index < -0.39 is 0 Å². The summed E-state index contributed by atoms with van der Waals surface area (Å²) >= 11 is 0. The summed E-state index contributed by atoms with van der Waals surface area (Å²) < 4.78 is 2.19. The average molecular weight is 228 g/mol. The van der Waals surface area contributed by atoms with Crippen LogP contribution in [0.1, 0.15) is 25.3 Å². The van der Waals surface area contributed by atoms with Crippen LogP contribution in [0.25, 0.3) is 10.9 Å². The number of nitrogens with two attached hydrogens (primary N) is 1. The van der Waals surface area contributed by atoms with Crippen molar-refractivity contribution >= 4 is 10.9 Å². The Bertz CT molecular complexity index is 565. The number of aromatic nitrogens is 1. The highest BCUT2D eigenvalue weighted by atomic mass is 14.9. The van der Waals surface area contributed by atoms with Gasteiger partial charge in [-0.2, -0.15) is 0 Å². The standard InChI is InChI=1S/C15H20N2/c1-15(2)12(9-16)14(15)11-5-4-6-13-10(11)7-8-17(13)3/h4-8,12,14H,9,16H2,1-3H3. The van der Waals surface area contributed by atoms with Crippen LogP contribution in [0, 0.1) is 11.3 Å². The van der Waals surface area contributed by atoms with Crippen molar-refractivity contribution in [2.24, 2.45) is 24.1 Å².